The van der Waals surface area contributed by atoms with Crippen LogP contribution in [0.5, 0.6) is 0 Å². The molecule has 0 saturated carbocycles. The summed E-state index contributed by atoms with van der Waals surface area (Å²) in [5.41, 5.74) is 0.512. The number of hydrogen-bond acceptors (Lipinski definition) is 5. The second-order valence-corrected chi connectivity index (χ2v) is 3.68. The highest BCUT2D eigenvalue weighted by molar-refractivity contribution is 5.57. The van der Waals surface area contributed by atoms with Crippen molar-refractivity contribution >= 4 is 11.6 Å². The van der Waals surface area contributed by atoms with E-state index in [2.05, 4.69) is 15.3 Å². The lowest BCUT2D eigenvalue weighted by molar-refractivity contribution is -0.120. The van der Waals surface area contributed by atoms with E-state index in [9.17, 15) is 13.2 Å². The normalized spacial score (nSPS) is 11.4. The van der Waals surface area contributed by atoms with Crippen LogP contribution in [-0.2, 0) is 0 Å². The van der Waals surface area contributed by atoms with Gasteiger partial charge in [0.1, 0.15) is 24.5 Å². The van der Waals surface area contributed by atoms with E-state index in [-0.39, 0.29) is 19.0 Å². The van der Waals surface area contributed by atoms with Crippen LogP contribution in [0, 0.1) is 6.92 Å². The highest BCUT2D eigenvalue weighted by Crippen LogP contribution is 2.25. The van der Waals surface area contributed by atoms with Crippen molar-refractivity contribution < 1.29 is 18.3 Å². The van der Waals surface area contributed by atoms with Crippen LogP contribution in [0.1, 0.15) is 5.56 Å². The fourth-order valence-corrected chi connectivity index (χ4v) is 1.61. The average molecular weight is 264 g/mol. The van der Waals surface area contributed by atoms with Crippen LogP contribution in [0.25, 0.3) is 0 Å². The maximum atomic E-state index is 12.4. The SMILES string of the molecule is CNc1ncnc(N(CCO)CC(F)(F)F)c1C. The molecule has 0 saturated heterocycles. The Morgan fingerprint density at radius 2 is 2.06 bits per heavy atom. The van der Waals surface area contributed by atoms with E-state index in [4.69, 9.17) is 5.11 Å². The first kappa shape index (κ1) is 14.5. The summed E-state index contributed by atoms with van der Waals surface area (Å²) in [7, 11) is 1.62. The predicted octanol–water partition coefficient (Wildman–Crippen LogP) is 1.19. The summed E-state index contributed by atoms with van der Waals surface area (Å²) in [6.07, 6.45) is -3.17. The Hall–Kier alpha value is -1.57. The molecule has 0 aliphatic heterocycles. The molecule has 0 unspecified atom stereocenters. The first-order chi connectivity index (χ1) is 8.39. The zero-order valence-electron chi connectivity index (χ0n) is 10.1. The fraction of sp³-hybridized carbons (Fsp3) is 0.600. The number of nitrogens with zero attached hydrogens (tertiary/aromatic N) is 3. The molecule has 102 valence electrons. The molecule has 0 aromatic carbocycles. The van der Waals surface area contributed by atoms with Gasteiger partial charge in [-0.3, -0.25) is 0 Å². The van der Waals surface area contributed by atoms with Crippen LogP contribution in [-0.4, -0.2) is 48.0 Å². The minimum atomic E-state index is -4.35. The Kier molecular flexibility index (Phi) is 4.71. The zero-order valence-corrected chi connectivity index (χ0v) is 10.1. The lowest BCUT2D eigenvalue weighted by Crippen LogP contribution is -2.37. The maximum absolute atomic E-state index is 12.4. The van der Waals surface area contributed by atoms with Gasteiger partial charge in [-0.1, -0.05) is 0 Å². The molecule has 0 fully saturated rings. The quantitative estimate of drug-likeness (QED) is 0.836. The van der Waals surface area contributed by atoms with Gasteiger partial charge in [-0.2, -0.15) is 13.2 Å². The topological polar surface area (TPSA) is 61.3 Å². The number of halogens is 3. The molecule has 1 aromatic heterocycles. The molecular weight excluding hydrogens is 249 g/mol. The average Bonchev–Trinajstić information content (AvgIpc) is 2.27. The third-order valence-electron chi connectivity index (χ3n) is 2.33. The molecule has 0 aliphatic rings. The molecular formula is C10H15F3N4O. The summed E-state index contributed by atoms with van der Waals surface area (Å²) in [4.78, 5) is 8.74. The van der Waals surface area contributed by atoms with Gasteiger partial charge < -0.3 is 15.3 Å². The molecule has 0 amide bonds. The van der Waals surface area contributed by atoms with E-state index in [1.54, 1.807) is 14.0 Å². The van der Waals surface area contributed by atoms with Gasteiger partial charge in [0.15, 0.2) is 0 Å². The Morgan fingerprint density at radius 1 is 1.39 bits per heavy atom. The van der Waals surface area contributed by atoms with Crippen LogP contribution in [0.4, 0.5) is 24.8 Å². The molecule has 1 heterocycles. The number of alkyl halides is 3. The predicted molar refractivity (Wildman–Crippen MR) is 61.7 cm³/mol. The number of nitrogens with one attached hydrogen (secondary N) is 1. The first-order valence-corrected chi connectivity index (χ1v) is 5.31. The number of aliphatic hydroxyl groups is 1. The van der Waals surface area contributed by atoms with Gasteiger partial charge >= 0.3 is 6.18 Å². The molecule has 18 heavy (non-hydrogen) atoms. The summed E-state index contributed by atoms with van der Waals surface area (Å²) < 4.78 is 37.3. The number of rotatable bonds is 5. The Morgan fingerprint density at radius 3 is 2.56 bits per heavy atom. The number of anilines is 2. The van der Waals surface area contributed by atoms with Crippen LogP contribution in [0.15, 0.2) is 6.33 Å². The standard InChI is InChI=1S/C10H15F3N4O/c1-7-8(14-2)15-6-16-9(7)17(3-4-18)5-10(11,12)13/h6,18H,3-5H2,1-2H3,(H,14,15,16). The highest BCUT2D eigenvalue weighted by atomic mass is 19.4. The Balaban J connectivity index is 3.05. The molecule has 1 rings (SSSR count). The molecule has 5 nitrogen and oxygen atoms in total. The van der Waals surface area contributed by atoms with Crippen LogP contribution < -0.4 is 10.2 Å². The van der Waals surface area contributed by atoms with Crippen LogP contribution >= 0.6 is 0 Å². The third kappa shape index (κ3) is 3.73. The van der Waals surface area contributed by atoms with Gasteiger partial charge in [-0.25, -0.2) is 9.97 Å². The number of hydrogen-bond donors (Lipinski definition) is 2. The second kappa shape index (κ2) is 5.85. The number of aliphatic hydroxyl groups excluding tert-OH is 1. The van der Waals surface area contributed by atoms with Crippen molar-refractivity contribution in [1.29, 1.82) is 0 Å². The van der Waals surface area contributed by atoms with E-state index < -0.39 is 12.7 Å². The van der Waals surface area contributed by atoms with Crippen molar-refractivity contribution in [3.05, 3.63) is 11.9 Å². The van der Waals surface area contributed by atoms with E-state index >= 15 is 0 Å². The van der Waals surface area contributed by atoms with E-state index in [1.165, 1.54) is 6.33 Å². The van der Waals surface area contributed by atoms with Gasteiger partial charge in [0.25, 0.3) is 0 Å². The summed E-state index contributed by atoms with van der Waals surface area (Å²) >= 11 is 0. The Bertz CT molecular complexity index is 397. The van der Waals surface area contributed by atoms with Crippen molar-refractivity contribution in [2.24, 2.45) is 0 Å². The molecule has 0 aliphatic carbocycles. The highest BCUT2D eigenvalue weighted by Gasteiger charge is 2.32. The monoisotopic (exact) mass is 264 g/mol. The van der Waals surface area contributed by atoms with Gasteiger partial charge in [0.2, 0.25) is 0 Å². The van der Waals surface area contributed by atoms with Crippen LogP contribution in [0.3, 0.4) is 0 Å². The van der Waals surface area contributed by atoms with E-state index in [1.807, 2.05) is 0 Å². The van der Waals surface area contributed by atoms with Crippen molar-refractivity contribution in [2.75, 3.05) is 37.0 Å². The van der Waals surface area contributed by atoms with Crippen molar-refractivity contribution in [3.63, 3.8) is 0 Å². The van der Waals surface area contributed by atoms with Gasteiger partial charge in [0, 0.05) is 19.2 Å². The summed E-state index contributed by atoms with van der Waals surface area (Å²) in [5.74, 6) is 0.630. The summed E-state index contributed by atoms with van der Waals surface area (Å²) in [6, 6.07) is 0. The smallest absolute Gasteiger partial charge is 0.395 e. The largest absolute Gasteiger partial charge is 0.405 e. The lowest BCUT2D eigenvalue weighted by atomic mass is 10.2. The number of aromatic nitrogens is 2. The maximum Gasteiger partial charge on any atom is 0.405 e. The first-order valence-electron chi connectivity index (χ1n) is 5.31. The zero-order chi connectivity index (χ0) is 13.8. The summed E-state index contributed by atoms with van der Waals surface area (Å²) in [6.45, 7) is -0.0502. The van der Waals surface area contributed by atoms with Gasteiger partial charge in [0.05, 0.1) is 6.61 Å². The van der Waals surface area contributed by atoms with Crippen molar-refractivity contribution in [2.45, 2.75) is 13.1 Å². The summed E-state index contributed by atoms with van der Waals surface area (Å²) in [5, 5.41) is 11.6. The van der Waals surface area contributed by atoms with Gasteiger partial charge in [-0.15, -0.1) is 0 Å². The fourth-order valence-electron chi connectivity index (χ4n) is 1.61. The molecule has 0 bridgehead atoms. The minimum absolute atomic E-state index is 0.138. The van der Waals surface area contributed by atoms with Crippen molar-refractivity contribution in [3.8, 4) is 0 Å². The molecule has 0 spiro atoms. The molecule has 1 aromatic rings. The second-order valence-electron chi connectivity index (χ2n) is 3.68. The molecule has 2 N–H and O–H groups in total. The van der Waals surface area contributed by atoms with E-state index in [0.29, 0.717) is 11.4 Å². The molecule has 0 radical (unpaired) electrons. The van der Waals surface area contributed by atoms with Gasteiger partial charge in [-0.05, 0) is 6.92 Å². The minimum Gasteiger partial charge on any atom is -0.395 e. The van der Waals surface area contributed by atoms with Crippen LogP contribution in [0.2, 0.25) is 0 Å². The van der Waals surface area contributed by atoms with E-state index in [0.717, 1.165) is 4.90 Å². The third-order valence-corrected chi connectivity index (χ3v) is 2.33. The molecule has 0 atom stereocenters. The lowest BCUT2D eigenvalue weighted by Gasteiger charge is -2.25. The van der Waals surface area contributed by atoms with Crippen molar-refractivity contribution in [1.82, 2.24) is 9.97 Å². The Labute approximate surface area is 103 Å². The molecule has 8 heteroatoms.